The lowest BCUT2D eigenvalue weighted by Gasteiger charge is -2.27. The summed E-state index contributed by atoms with van der Waals surface area (Å²) in [5, 5.41) is 5.17. The Morgan fingerprint density at radius 1 is 1.43 bits per heavy atom. The first-order valence-corrected chi connectivity index (χ1v) is 7.56. The zero-order valence-corrected chi connectivity index (χ0v) is 12.6. The Hall–Kier alpha value is -1.87. The van der Waals surface area contributed by atoms with Gasteiger partial charge in [-0.05, 0) is 0 Å². The van der Waals surface area contributed by atoms with E-state index < -0.39 is 30.8 Å². The first-order valence-electron chi connectivity index (χ1n) is 7.56. The summed E-state index contributed by atoms with van der Waals surface area (Å²) in [5.74, 6) is -2.48. The van der Waals surface area contributed by atoms with Gasteiger partial charge in [-0.1, -0.05) is 0 Å². The van der Waals surface area contributed by atoms with Gasteiger partial charge >= 0.3 is 0 Å². The van der Waals surface area contributed by atoms with E-state index in [1.165, 1.54) is 6.33 Å². The van der Waals surface area contributed by atoms with Crippen LogP contribution in [-0.4, -0.2) is 60.7 Å². The smallest absolute Gasteiger partial charge is 0.262 e. The largest absolute Gasteiger partial charge is 0.378 e. The van der Waals surface area contributed by atoms with Crippen molar-refractivity contribution in [3.63, 3.8) is 0 Å². The van der Waals surface area contributed by atoms with Crippen molar-refractivity contribution in [3.05, 3.63) is 18.1 Å². The van der Waals surface area contributed by atoms with Crippen molar-refractivity contribution >= 4 is 11.7 Å². The van der Waals surface area contributed by atoms with Crippen molar-refractivity contribution in [1.29, 1.82) is 0 Å². The number of halogens is 2. The van der Waals surface area contributed by atoms with Crippen molar-refractivity contribution in [2.45, 2.75) is 24.9 Å². The quantitative estimate of drug-likeness (QED) is 0.806. The Balaban J connectivity index is 1.55. The van der Waals surface area contributed by atoms with Crippen molar-refractivity contribution in [1.82, 2.24) is 20.6 Å². The predicted octanol–water partition coefficient (Wildman–Crippen LogP) is -0.0734. The van der Waals surface area contributed by atoms with Crippen molar-refractivity contribution < 1.29 is 18.3 Å². The van der Waals surface area contributed by atoms with Crippen LogP contribution in [0.5, 0.6) is 0 Å². The average Bonchev–Trinajstić information content (AvgIpc) is 2.94. The van der Waals surface area contributed by atoms with Gasteiger partial charge in [0.25, 0.3) is 5.92 Å². The minimum absolute atomic E-state index is 0.183. The molecule has 3 rings (SSSR count). The first-order chi connectivity index (χ1) is 11.0. The number of aromatic nitrogens is 2. The number of carbonyl (C=O) groups excluding carboxylic acids is 1. The molecule has 1 amide bonds. The molecule has 0 bridgehead atoms. The number of carbonyl (C=O) groups is 1. The molecule has 23 heavy (non-hydrogen) atoms. The predicted molar refractivity (Wildman–Crippen MR) is 78.3 cm³/mol. The summed E-state index contributed by atoms with van der Waals surface area (Å²) >= 11 is 0. The monoisotopic (exact) mass is 327 g/mol. The van der Waals surface area contributed by atoms with Crippen LogP contribution in [0.2, 0.25) is 0 Å². The molecule has 0 saturated carbocycles. The number of anilines is 1. The minimum atomic E-state index is -2.82. The van der Waals surface area contributed by atoms with Crippen molar-refractivity contribution in [2.75, 3.05) is 37.7 Å². The van der Waals surface area contributed by atoms with Gasteiger partial charge in [0, 0.05) is 25.6 Å². The highest BCUT2D eigenvalue weighted by Crippen LogP contribution is 2.25. The molecule has 0 radical (unpaired) electrons. The summed E-state index contributed by atoms with van der Waals surface area (Å²) in [4.78, 5) is 22.3. The number of amides is 1. The molecule has 7 nitrogen and oxygen atoms in total. The highest BCUT2D eigenvalue weighted by molar-refractivity contribution is 5.82. The molecule has 0 aromatic carbocycles. The number of alkyl halides is 2. The molecular weight excluding hydrogens is 308 g/mol. The fraction of sp³-hybridized carbons (Fsp3) is 0.643. The molecule has 0 spiro atoms. The van der Waals surface area contributed by atoms with Gasteiger partial charge < -0.3 is 15.0 Å². The summed E-state index contributed by atoms with van der Waals surface area (Å²) in [6, 6.07) is 0.938. The minimum Gasteiger partial charge on any atom is -0.378 e. The van der Waals surface area contributed by atoms with Gasteiger partial charge in [-0.3, -0.25) is 10.1 Å². The van der Waals surface area contributed by atoms with E-state index in [-0.39, 0.29) is 6.54 Å². The Morgan fingerprint density at radius 2 is 2.22 bits per heavy atom. The van der Waals surface area contributed by atoms with Gasteiger partial charge in [0.05, 0.1) is 38.0 Å². The van der Waals surface area contributed by atoms with Crippen LogP contribution in [0.3, 0.4) is 0 Å². The molecule has 1 unspecified atom stereocenters. The number of nitrogens with one attached hydrogen (secondary N) is 2. The third kappa shape index (κ3) is 4.11. The second-order valence-electron chi connectivity index (χ2n) is 5.68. The van der Waals surface area contributed by atoms with Gasteiger partial charge in [0.1, 0.15) is 12.1 Å². The molecule has 1 aromatic heterocycles. The van der Waals surface area contributed by atoms with Gasteiger partial charge in [0.2, 0.25) is 5.91 Å². The maximum Gasteiger partial charge on any atom is 0.262 e. The molecule has 0 aliphatic carbocycles. The maximum absolute atomic E-state index is 13.1. The second kappa shape index (κ2) is 6.71. The zero-order valence-electron chi connectivity index (χ0n) is 12.6. The molecule has 2 N–H and O–H groups in total. The molecule has 2 aliphatic rings. The highest BCUT2D eigenvalue weighted by Gasteiger charge is 2.42. The number of hydrogen-bond donors (Lipinski definition) is 2. The fourth-order valence-corrected chi connectivity index (χ4v) is 2.65. The topological polar surface area (TPSA) is 79.4 Å². The van der Waals surface area contributed by atoms with E-state index in [4.69, 9.17) is 4.74 Å². The van der Waals surface area contributed by atoms with Gasteiger partial charge in [-0.2, -0.15) is 0 Å². The first kappa shape index (κ1) is 16.0. The van der Waals surface area contributed by atoms with E-state index in [2.05, 4.69) is 25.5 Å². The van der Waals surface area contributed by atoms with Crippen LogP contribution < -0.4 is 15.5 Å². The third-order valence-electron chi connectivity index (χ3n) is 3.91. The molecule has 3 heterocycles. The van der Waals surface area contributed by atoms with Crippen LogP contribution in [0.4, 0.5) is 14.6 Å². The average molecular weight is 327 g/mol. The molecule has 2 aliphatic heterocycles. The lowest BCUT2D eigenvalue weighted by molar-refractivity contribution is -0.123. The molecule has 1 aromatic rings. The summed E-state index contributed by atoms with van der Waals surface area (Å²) < 4.78 is 31.5. The van der Waals surface area contributed by atoms with Crippen LogP contribution in [0, 0.1) is 0 Å². The molecule has 9 heteroatoms. The molecule has 2 fully saturated rings. The molecule has 1 atom stereocenters. The van der Waals surface area contributed by atoms with Gasteiger partial charge in [-0.25, -0.2) is 18.7 Å². The molecule has 2 saturated heterocycles. The summed E-state index contributed by atoms with van der Waals surface area (Å²) in [6.07, 6.45) is 0.968. The van der Waals surface area contributed by atoms with E-state index in [1.54, 1.807) is 6.07 Å². The SMILES string of the molecule is O=C(NCc1cc(N2CCOCC2)ncn1)C1CC(F)(F)CN1. The Kier molecular flexibility index (Phi) is 4.67. The fourth-order valence-electron chi connectivity index (χ4n) is 2.65. The van der Waals surface area contributed by atoms with E-state index in [0.717, 1.165) is 18.9 Å². The van der Waals surface area contributed by atoms with E-state index in [1.807, 2.05) is 0 Å². The molecule has 126 valence electrons. The standard InChI is InChI=1S/C14H19F2N5O2/c15-14(16)6-11(18-8-14)13(22)17-7-10-5-12(20-9-19-10)21-1-3-23-4-2-21/h5,9,11,18H,1-4,6-8H2,(H,17,22). The summed E-state index contributed by atoms with van der Waals surface area (Å²) in [6.45, 7) is 2.53. The van der Waals surface area contributed by atoms with Crippen LogP contribution >= 0.6 is 0 Å². The van der Waals surface area contributed by atoms with Crippen LogP contribution in [0.15, 0.2) is 12.4 Å². The van der Waals surface area contributed by atoms with Gasteiger partial charge in [-0.15, -0.1) is 0 Å². The summed E-state index contributed by atoms with van der Waals surface area (Å²) in [7, 11) is 0. The Morgan fingerprint density at radius 3 is 2.91 bits per heavy atom. The lowest BCUT2D eigenvalue weighted by Crippen LogP contribution is -2.40. The third-order valence-corrected chi connectivity index (χ3v) is 3.91. The van der Waals surface area contributed by atoms with Crippen molar-refractivity contribution in [3.8, 4) is 0 Å². The van der Waals surface area contributed by atoms with Crippen LogP contribution in [0.25, 0.3) is 0 Å². The number of ether oxygens (including phenoxy) is 1. The van der Waals surface area contributed by atoms with Crippen LogP contribution in [-0.2, 0) is 16.1 Å². The van der Waals surface area contributed by atoms with Gasteiger partial charge in [0.15, 0.2) is 0 Å². The zero-order chi connectivity index (χ0) is 16.3. The number of nitrogens with zero attached hydrogens (tertiary/aromatic N) is 3. The van der Waals surface area contributed by atoms with E-state index in [0.29, 0.717) is 18.9 Å². The van der Waals surface area contributed by atoms with Crippen LogP contribution in [0.1, 0.15) is 12.1 Å². The molecular formula is C14H19F2N5O2. The Bertz CT molecular complexity index is 566. The lowest BCUT2D eigenvalue weighted by atomic mass is 10.2. The highest BCUT2D eigenvalue weighted by atomic mass is 19.3. The number of rotatable bonds is 4. The normalized spacial score (nSPS) is 23.7. The number of hydrogen-bond acceptors (Lipinski definition) is 6. The maximum atomic E-state index is 13.1. The number of morpholine rings is 1. The van der Waals surface area contributed by atoms with E-state index >= 15 is 0 Å². The van der Waals surface area contributed by atoms with E-state index in [9.17, 15) is 13.6 Å². The summed E-state index contributed by atoms with van der Waals surface area (Å²) in [5.41, 5.74) is 0.639. The second-order valence-corrected chi connectivity index (χ2v) is 5.68. The Labute approximate surface area is 132 Å². The van der Waals surface area contributed by atoms with Crippen molar-refractivity contribution in [2.24, 2.45) is 0 Å².